The summed E-state index contributed by atoms with van der Waals surface area (Å²) in [5.74, 6) is 0.186. The summed E-state index contributed by atoms with van der Waals surface area (Å²) in [7, 11) is 0. The Kier molecular flexibility index (Phi) is 4.29. The van der Waals surface area contributed by atoms with Crippen LogP contribution < -0.4 is 4.74 Å². The molecule has 0 aromatic carbocycles. The lowest BCUT2D eigenvalue weighted by molar-refractivity contribution is 0.0684. The number of rotatable bonds is 6. The monoisotopic (exact) mass is 276 g/mol. The molecule has 0 spiro atoms. The lowest BCUT2D eigenvalue weighted by Gasteiger charge is -2.10. The Morgan fingerprint density at radius 2 is 2.25 bits per heavy atom. The van der Waals surface area contributed by atoms with E-state index in [2.05, 4.69) is 28.9 Å². The minimum atomic E-state index is -1.12. The van der Waals surface area contributed by atoms with E-state index in [1.807, 2.05) is 0 Å². The van der Waals surface area contributed by atoms with Gasteiger partial charge in [0.15, 0.2) is 17.3 Å². The maximum absolute atomic E-state index is 11.0. The standard InChI is InChI=1S/C13H16N4O3/c1-9(2)6-17-11(15-8-16-17)7-20-10-4-3-5-14-12(10)13(18)19/h3-5,8-9H,6-7H2,1-2H3,(H,18,19). The van der Waals surface area contributed by atoms with Gasteiger partial charge in [-0.15, -0.1) is 0 Å². The second-order valence-electron chi connectivity index (χ2n) is 4.70. The van der Waals surface area contributed by atoms with Crippen LogP contribution >= 0.6 is 0 Å². The first-order valence-corrected chi connectivity index (χ1v) is 6.25. The molecule has 0 unspecified atom stereocenters. The Bertz CT molecular complexity index is 595. The Hall–Kier alpha value is -2.44. The van der Waals surface area contributed by atoms with Crippen molar-refractivity contribution < 1.29 is 14.6 Å². The molecule has 2 aromatic heterocycles. The molecule has 0 saturated carbocycles. The third-order valence-electron chi connectivity index (χ3n) is 2.56. The average Bonchev–Trinajstić information content (AvgIpc) is 2.83. The highest BCUT2D eigenvalue weighted by Crippen LogP contribution is 2.16. The molecule has 2 rings (SSSR count). The van der Waals surface area contributed by atoms with Crippen LogP contribution in [-0.4, -0.2) is 30.8 Å². The first-order valence-electron chi connectivity index (χ1n) is 6.25. The van der Waals surface area contributed by atoms with E-state index in [-0.39, 0.29) is 18.1 Å². The van der Waals surface area contributed by atoms with Gasteiger partial charge in [0.2, 0.25) is 0 Å². The van der Waals surface area contributed by atoms with Gasteiger partial charge in [0.05, 0.1) is 0 Å². The van der Waals surface area contributed by atoms with E-state index in [0.29, 0.717) is 11.7 Å². The summed E-state index contributed by atoms with van der Waals surface area (Å²) in [6, 6.07) is 3.19. The highest BCUT2D eigenvalue weighted by molar-refractivity contribution is 5.88. The van der Waals surface area contributed by atoms with Crippen molar-refractivity contribution >= 4 is 5.97 Å². The number of carbonyl (C=O) groups is 1. The molecule has 106 valence electrons. The molecular formula is C13H16N4O3. The molecule has 2 aromatic rings. The Balaban J connectivity index is 2.10. The topological polar surface area (TPSA) is 90.1 Å². The van der Waals surface area contributed by atoms with E-state index < -0.39 is 5.97 Å². The van der Waals surface area contributed by atoms with E-state index in [9.17, 15) is 4.79 Å². The van der Waals surface area contributed by atoms with Crippen molar-refractivity contribution in [1.29, 1.82) is 0 Å². The number of aromatic carboxylic acids is 1. The van der Waals surface area contributed by atoms with Crippen molar-refractivity contribution in [1.82, 2.24) is 19.7 Å². The van der Waals surface area contributed by atoms with Crippen LogP contribution in [0.1, 0.15) is 30.2 Å². The molecule has 7 heteroatoms. The number of carboxylic acids is 1. The first-order chi connectivity index (χ1) is 9.58. The fraction of sp³-hybridized carbons (Fsp3) is 0.385. The number of hydrogen-bond donors (Lipinski definition) is 1. The number of hydrogen-bond acceptors (Lipinski definition) is 5. The SMILES string of the molecule is CC(C)Cn1ncnc1COc1cccnc1C(=O)O. The molecule has 0 aliphatic rings. The zero-order valence-corrected chi connectivity index (χ0v) is 11.4. The quantitative estimate of drug-likeness (QED) is 0.862. The molecule has 0 atom stereocenters. The van der Waals surface area contributed by atoms with Crippen LogP contribution in [0.3, 0.4) is 0 Å². The van der Waals surface area contributed by atoms with Gasteiger partial charge in [0.25, 0.3) is 0 Å². The van der Waals surface area contributed by atoms with Crippen LogP contribution in [0.2, 0.25) is 0 Å². The fourth-order valence-corrected chi connectivity index (χ4v) is 1.71. The van der Waals surface area contributed by atoms with Gasteiger partial charge in [-0.05, 0) is 18.1 Å². The summed E-state index contributed by atoms with van der Waals surface area (Å²) in [6.07, 6.45) is 2.88. The molecule has 0 aliphatic carbocycles. The second-order valence-corrected chi connectivity index (χ2v) is 4.70. The van der Waals surface area contributed by atoms with E-state index in [4.69, 9.17) is 9.84 Å². The molecule has 0 radical (unpaired) electrons. The zero-order chi connectivity index (χ0) is 14.5. The van der Waals surface area contributed by atoms with Crippen molar-refractivity contribution in [3.8, 4) is 5.75 Å². The molecular weight excluding hydrogens is 260 g/mol. The van der Waals surface area contributed by atoms with Crippen molar-refractivity contribution in [2.75, 3.05) is 0 Å². The number of pyridine rings is 1. The van der Waals surface area contributed by atoms with Gasteiger partial charge in [-0.1, -0.05) is 13.8 Å². The molecule has 0 fully saturated rings. The van der Waals surface area contributed by atoms with Crippen molar-refractivity contribution in [2.45, 2.75) is 27.0 Å². The minimum Gasteiger partial charge on any atom is -0.483 e. The summed E-state index contributed by atoms with van der Waals surface area (Å²) < 4.78 is 7.25. The van der Waals surface area contributed by atoms with E-state index in [1.54, 1.807) is 16.8 Å². The van der Waals surface area contributed by atoms with Crippen LogP contribution in [0, 0.1) is 5.92 Å². The van der Waals surface area contributed by atoms with Crippen LogP contribution in [0.5, 0.6) is 5.75 Å². The smallest absolute Gasteiger partial charge is 0.358 e. The molecule has 0 aliphatic heterocycles. The highest BCUT2D eigenvalue weighted by Gasteiger charge is 2.14. The number of aromatic nitrogens is 4. The largest absolute Gasteiger partial charge is 0.483 e. The predicted octanol–water partition coefficient (Wildman–Crippen LogP) is 1.61. The third-order valence-corrected chi connectivity index (χ3v) is 2.56. The predicted molar refractivity (Wildman–Crippen MR) is 70.4 cm³/mol. The summed E-state index contributed by atoms with van der Waals surface area (Å²) >= 11 is 0. The Morgan fingerprint density at radius 1 is 1.45 bits per heavy atom. The number of ether oxygens (including phenoxy) is 1. The number of carboxylic acid groups (broad SMARTS) is 1. The van der Waals surface area contributed by atoms with Crippen LogP contribution in [0.25, 0.3) is 0 Å². The second kappa shape index (κ2) is 6.14. The molecule has 2 heterocycles. The summed E-state index contributed by atoms with van der Waals surface area (Å²) in [5, 5.41) is 13.1. The van der Waals surface area contributed by atoms with E-state index in [0.717, 1.165) is 6.54 Å². The minimum absolute atomic E-state index is 0.109. The molecule has 0 amide bonds. The van der Waals surface area contributed by atoms with Crippen LogP contribution in [0.4, 0.5) is 0 Å². The fourth-order valence-electron chi connectivity index (χ4n) is 1.71. The van der Waals surface area contributed by atoms with Gasteiger partial charge in [-0.2, -0.15) is 5.10 Å². The number of nitrogens with zero attached hydrogens (tertiary/aromatic N) is 4. The van der Waals surface area contributed by atoms with Crippen LogP contribution in [-0.2, 0) is 13.2 Å². The maximum Gasteiger partial charge on any atom is 0.358 e. The van der Waals surface area contributed by atoms with Crippen molar-refractivity contribution in [3.05, 3.63) is 36.2 Å². The average molecular weight is 276 g/mol. The Labute approximate surface area is 116 Å². The lowest BCUT2D eigenvalue weighted by Crippen LogP contribution is -2.13. The molecule has 0 bridgehead atoms. The first kappa shape index (κ1) is 14.0. The van der Waals surface area contributed by atoms with Crippen LogP contribution in [0.15, 0.2) is 24.7 Å². The molecule has 0 saturated heterocycles. The van der Waals surface area contributed by atoms with Gasteiger partial charge in [-0.25, -0.2) is 19.4 Å². The Morgan fingerprint density at radius 3 is 2.95 bits per heavy atom. The summed E-state index contributed by atoms with van der Waals surface area (Å²) in [5.41, 5.74) is -0.109. The van der Waals surface area contributed by atoms with Crippen molar-refractivity contribution in [3.63, 3.8) is 0 Å². The summed E-state index contributed by atoms with van der Waals surface area (Å²) in [4.78, 5) is 18.9. The molecule has 1 N–H and O–H groups in total. The van der Waals surface area contributed by atoms with Crippen molar-refractivity contribution in [2.24, 2.45) is 5.92 Å². The van der Waals surface area contributed by atoms with E-state index >= 15 is 0 Å². The molecule has 20 heavy (non-hydrogen) atoms. The van der Waals surface area contributed by atoms with Gasteiger partial charge < -0.3 is 9.84 Å². The molecule has 7 nitrogen and oxygen atoms in total. The zero-order valence-electron chi connectivity index (χ0n) is 11.4. The normalized spacial score (nSPS) is 10.8. The third kappa shape index (κ3) is 3.31. The highest BCUT2D eigenvalue weighted by atomic mass is 16.5. The van der Waals surface area contributed by atoms with Gasteiger partial charge >= 0.3 is 5.97 Å². The van der Waals surface area contributed by atoms with Gasteiger partial charge in [0.1, 0.15) is 12.9 Å². The van der Waals surface area contributed by atoms with Gasteiger partial charge in [-0.3, -0.25) is 0 Å². The summed E-state index contributed by atoms with van der Waals surface area (Å²) in [6.45, 7) is 5.04. The van der Waals surface area contributed by atoms with Gasteiger partial charge in [0, 0.05) is 12.7 Å². The lowest BCUT2D eigenvalue weighted by atomic mass is 10.2. The van der Waals surface area contributed by atoms with E-state index in [1.165, 1.54) is 12.5 Å². The maximum atomic E-state index is 11.0.